The van der Waals surface area contributed by atoms with Gasteiger partial charge in [0.25, 0.3) is 0 Å². The van der Waals surface area contributed by atoms with Gasteiger partial charge in [0.15, 0.2) is 0 Å². The Bertz CT molecular complexity index is 453. The van der Waals surface area contributed by atoms with Crippen LogP contribution < -0.4 is 0 Å². The van der Waals surface area contributed by atoms with Gasteiger partial charge in [-0.25, -0.2) is 4.79 Å². The van der Waals surface area contributed by atoms with Crippen LogP contribution in [0.5, 0.6) is 0 Å². The molecule has 5 heteroatoms. The number of carbonyl (C=O) groups excluding carboxylic acids is 1. The number of carboxylic acid groups (broad SMARTS) is 1. The highest BCUT2D eigenvalue weighted by atomic mass is 35.5. The second-order valence-electron chi connectivity index (χ2n) is 3.89. The molecule has 1 aromatic rings. The number of halogens is 2. The minimum atomic E-state index is -1.46. The van der Waals surface area contributed by atoms with Gasteiger partial charge in [-0.2, -0.15) is 0 Å². The van der Waals surface area contributed by atoms with Gasteiger partial charge in [0.2, 0.25) is 5.78 Å². The fourth-order valence-electron chi connectivity index (χ4n) is 1.28. The maximum Gasteiger partial charge on any atom is 0.373 e. The van der Waals surface area contributed by atoms with Crippen molar-refractivity contribution < 1.29 is 14.7 Å². The summed E-state index contributed by atoms with van der Waals surface area (Å²) in [6.45, 7) is 3.06. The molecule has 0 atom stereocenters. The second kappa shape index (κ2) is 4.44. The molecule has 0 fully saturated rings. The molecular weight excluding hydrogens is 251 g/mol. The summed E-state index contributed by atoms with van der Waals surface area (Å²) in [4.78, 5) is 22.1. The molecule has 1 N–H and O–H groups in total. The molecule has 0 radical (unpaired) electrons. The number of aliphatic carboxylic acids is 1. The Morgan fingerprint density at radius 2 is 1.75 bits per heavy atom. The molecule has 0 saturated heterocycles. The van der Waals surface area contributed by atoms with E-state index in [-0.39, 0.29) is 0 Å². The van der Waals surface area contributed by atoms with Crippen LogP contribution in [0.15, 0.2) is 18.2 Å². The maximum atomic E-state index is 11.5. The van der Waals surface area contributed by atoms with Crippen molar-refractivity contribution in [2.24, 2.45) is 0 Å². The van der Waals surface area contributed by atoms with Gasteiger partial charge in [0.05, 0.1) is 15.5 Å². The molecule has 3 nitrogen and oxygen atoms in total. The third kappa shape index (κ3) is 2.36. The summed E-state index contributed by atoms with van der Waals surface area (Å²) in [7, 11) is 0. The van der Waals surface area contributed by atoms with E-state index in [0.717, 1.165) is 0 Å². The van der Waals surface area contributed by atoms with E-state index in [2.05, 4.69) is 0 Å². The van der Waals surface area contributed by atoms with Crippen molar-refractivity contribution in [3.8, 4) is 0 Å². The number of hydrogen-bond donors (Lipinski definition) is 1. The molecule has 0 aliphatic rings. The van der Waals surface area contributed by atoms with Gasteiger partial charge in [-0.3, -0.25) is 4.79 Å². The van der Waals surface area contributed by atoms with Gasteiger partial charge in [0.1, 0.15) is 0 Å². The first-order valence-electron chi connectivity index (χ1n) is 4.50. The summed E-state index contributed by atoms with van der Waals surface area (Å²) in [6.07, 6.45) is 0. The van der Waals surface area contributed by atoms with E-state index in [0.29, 0.717) is 15.6 Å². The standard InChI is InChI=1S/C11H10Cl2O3/c1-11(2,9(14)10(15)16)6-3-4-7(12)8(13)5-6/h3-5H,1-2H3,(H,15,16). The Labute approximate surface area is 103 Å². The van der Waals surface area contributed by atoms with Crippen LogP contribution in [0.3, 0.4) is 0 Å². The van der Waals surface area contributed by atoms with E-state index in [1.165, 1.54) is 26.0 Å². The lowest BCUT2D eigenvalue weighted by molar-refractivity contribution is -0.151. The molecule has 0 aliphatic heterocycles. The van der Waals surface area contributed by atoms with Gasteiger partial charge in [-0.1, -0.05) is 29.3 Å². The average Bonchev–Trinajstić information content (AvgIpc) is 2.20. The van der Waals surface area contributed by atoms with Gasteiger partial charge in [0, 0.05) is 0 Å². The summed E-state index contributed by atoms with van der Waals surface area (Å²) in [5, 5.41) is 9.36. The van der Waals surface area contributed by atoms with E-state index >= 15 is 0 Å². The molecule has 1 aromatic carbocycles. The van der Waals surface area contributed by atoms with Crippen LogP contribution in [0.4, 0.5) is 0 Å². The Morgan fingerprint density at radius 1 is 1.19 bits per heavy atom. The smallest absolute Gasteiger partial charge is 0.373 e. The molecule has 0 heterocycles. The number of Topliss-reactive ketones (excluding diaryl/α,β-unsaturated/α-hetero) is 1. The first-order valence-corrected chi connectivity index (χ1v) is 5.25. The SMILES string of the molecule is CC(C)(C(=O)C(=O)O)c1ccc(Cl)c(Cl)c1. The van der Waals surface area contributed by atoms with Crippen molar-refractivity contribution in [2.45, 2.75) is 19.3 Å². The number of carboxylic acids is 1. The lowest BCUT2D eigenvalue weighted by atomic mass is 9.80. The fourth-order valence-corrected chi connectivity index (χ4v) is 1.58. The molecule has 16 heavy (non-hydrogen) atoms. The van der Waals surface area contributed by atoms with Crippen LogP contribution in [0, 0.1) is 0 Å². The molecule has 1 rings (SSSR count). The molecule has 0 bridgehead atoms. The molecule has 0 aliphatic carbocycles. The zero-order valence-electron chi connectivity index (χ0n) is 8.75. The third-order valence-corrected chi connectivity index (χ3v) is 3.14. The summed E-state index contributed by atoms with van der Waals surface area (Å²) >= 11 is 11.6. The summed E-state index contributed by atoms with van der Waals surface area (Å²) < 4.78 is 0. The van der Waals surface area contributed by atoms with Crippen molar-refractivity contribution in [1.82, 2.24) is 0 Å². The van der Waals surface area contributed by atoms with Crippen molar-refractivity contribution in [2.75, 3.05) is 0 Å². The summed E-state index contributed by atoms with van der Waals surface area (Å²) in [5.41, 5.74) is -0.602. The van der Waals surface area contributed by atoms with Gasteiger partial charge in [-0.05, 0) is 31.5 Å². The highest BCUT2D eigenvalue weighted by Crippen LogP contribution is 2.30. The number of carbonyl (C=O) groups is 2. The van der Waals surface area contributed by atoms with Crippen LogP contribution in [-0.4, -0.2) is 16.9 Å². The predicted octanol–water partition coefficient (Wildman–Crippen LogP) is 2.92. The number of hydrogen-bond acceptors (Lipinski definition) is 2. The van der Waals surface area contributed by atoms with E-state index in [1.807, 2.05) is 0 Å². The normalized spacial score (nSPS) is 11.2. The molecule has 0 saturated carbocycles. The number of rotatable bonds is 3. The molecule has 0 spiro atoms. The average molecular weight is 261 g/mol. The van der Waals surface area contributed by atoms with Crippen molar-refractivity contribution in [3.05, 3.63) is 33.8 Å². The van der Waals surface area contributed by atoms with Crippen LogP contribution in [0.1, 0.15) is 19.4 Å². The van der Waals surface area contributed by atoms with Gasteiger partial charge < -0.3 is 5.11 Å². The van der Waals surface area contributed by atoms with Crippen LogP contribution >= 0.6 is 23.2 Å². The Morgan fingerprint density at radius 3 is 2.19 bits per heavy atom. The number of benzene rings is 1. The largest absolute Gasteiger partial charge is 0.475 e. The van der Waals surface area contributed by atoms with Crippen molar-refractivity contribution >= 4 is 35.0 Å². The lowest BCUT2D eigenvalue weighted by Crippen LogP contribution is -2.34. The van der Waals surface area contributed by atoms with Crippen molar-refractivity contribution in [3.63, 3.8) is 0 Å². The van der Waals surface area contributed by atoms with E-state index in [4.69, 9.17) is 28.3 Å². The Kier molecular flexibility index (Phi) is 3.61. The molecular formula is C11H10Cl2O3. The first kappa shape index (κ1) is 13.0. The zero-order chi connectivity index (χ0) is 12.5. The number of ketones is 1. The highest BCUT2D eigenvalue weighted by molar-refractivity contribution is 6.42. The highest BCUT2D eigenvalue weighted by Gasteiger charge is 2.34. The van der Waals surface area contributed by atoms with Crippen molar-refractivity contribution in [1.29, 1.82) is 0 Å². The quantitative estimate of drug-likeness (QED) is 0.851. The molecule has 0 unspecified atom stereocenters. The zero-order valence-corrected chi connectivity index (χ0v) is 10.3. The first-order chi connectivity index (χ1) is 7.26. The summed E-state index contributed by atoms with van der Waals surface area (Å²) in [5.74, 6) is -2.35. The summed E-state index contributed by atoms with van der Waals surface area (Å²) in [6, 6.07) is 4.63. The van der Waals surface area contributed by atoms with Crippen LogP contribution in [0.25, 0.3) is 0 Å². The molecule has 0 amide bonds. The predicted molar refractivity (Wildman–Crippen MR) is 62.1 cm³/mol. The van der Waals surface area contributed by atoms with Crippen LogP contribution in [-0.2, 0) is 15.0 Å². The Hall–Kier alpha value is -1.06. The molecule has 0 aromatic heterocycles. The Balaban J connectivity index is 3.21. The lowest BCUT2D eigenvalue weighted by Gasteiger charge is -2.21. The minimum Gasteiger partial charge on any atom is -0.475 e. The third-order valence-electron chi connectivity index (χ3n) is 2.40. The fraction of sp³-hybridized carbons (Fsp3) is 0.273. The van der Waals surface area contributed by atoms with Crippen LogP contribution in [0.2, 0.25) is 10.0 Å². The second-order valence-corrected chi connectivity index (χ2v) is 4.70. The van der Waals surface area contributed by atoms with E-state index < -0.39 is 17.2 Å². The van der Waals surface area contributed by atoms with Gasteiger partial charge in [-0.15, -0.1) is 0 Å². The van der Waals surface area contributed by atoms with E-state index in [1.54, 1.807) is 6.07 Å². The minimum absolute atomic E-state index is 0.297. The maximum absolute atomic E-state index is 11.5. The molecule has 86 valence electrons. The topological polar surface area (TPSA) is 54.4 Å². The van der Waals surface area contributed by atoms with E-state index in [9.17, 15) is 9.59 Å². The monoisotopic (exact) mass is 260 g/mol. The van der Waals surface area contributed by atoms with Gasteiger partial charge >= 0.3 is 5.97 Å².